The van der Waals surface area contributed by atoms with E-state index in [-0.39, 0.29) is 11.8 Å². The van der Waals surface area contributed by atoms with Crippen LogP contribution in [0.25, 0.3) is 11.1 Å². The maximum atomic E-state index is 12.6. The van der Waals surface area contributed by atoms with Crippen LogP contribution in [-0.4, -0.2) is 30.2 Å². The third-order valence-corrected chi connectivity index (χ3v) is 5.99. The van der Waals surface area contributed by atoms with Gasteiger partial charge in [0.05, 0.1) is 32.4 Å². The molecule has 0 fully saturated rings. The van der Waals surface area contributed by atoms with Gasteiger partial charge in [-0.2, -0.15) is 0 Å². The molecular weight excluding hydrogens is 392 g/mol. The third kappa shape index (κ3) is 3.39. The molecule has 0 saturated carbocycles. The minimum absolute atomic E-state index is 0.0229. The molecule has 0 radical (unpaired) electrons. The predicted octanol–water partition coefficient (Wildman–Crippen LogP) is 4.22. The van der Waals surface area contributed by atoms with Crippen molar-refractivity contribution in [3.05, 3.63) is 94.0 Å². The molecule has 0 N–H and O–H groups in total. The Labute approximate surface area is 180 Å². The molecule has 5 rings (SSSR count). The number of fused-ring (bicyclic) bond motifs is 2. The molecule has 4 aromatic rings. The molecule has 158 valence electrons. The van der Waals surface area contributed by atoms with Crippen LogP contribution in [0, 0.1) is 0 Å². The van der Waals surface area contributed by atoms with Gasteiger partial charge in [0, 0.05) is 6.54 Å². The Kier molecular flexibility index (Phi) is 5.00. The molecule has 3 aromatic carbocycles. The molecular formula is C25H24N2O4. The van der Waals surface area contributed by atoms with E-state index in [1.165, 1.54) is 5.56 Å². The average Bonchev–Trinajstić information content (AvgIpc) is 3.13. The van der Waals surface area contributed by atoms with Gasteiger partial charge in [0.1, 0.15) is 0 Å². The van der Waals surface area contributed by atoms with E-state index >= 15 is 0 Å². The van der Waals surface area contributed by atoms with Crippen LogP contribution in [0.3, 0.4) is 0 Å². The molecule has 0 amide bonds. The van der Waals surface area contributed by atoms with Gasteiger partial charge in [-0.1, -0.05) is 42.5 Å². The fourth-order valence-electron chi connectivity index (χ4n) is 4.51. The summed E-state index contributed by atoms with van der Waals surface area (Å²) in [6.07, 6.45) is 0.851. The number of hydrogen-bond acceptors (Lipinski definition) is 5. The second-order valence-electron chi connectivity index (χ2n) is 7.69. The normalized spacial score (nSPS) is 16.3. The van der Waals surface area contributed by atoms with Crippen molar-refractivity contribution >= 4 is 11.1 Å². The summed E-state index contributed by atoms with van der Waals surface area (Å²) in [5.74, 6) is 1.10. The van der Waals surface area contributed by atoms with E-state index in [0.717, 1.165) is 35.4 Å². The van der Waals surface area contributed by atoms with Crippen molar-refractivity contribution in [3.63, 3.8) is 0 Å². The Morgan fingerprint density at radius 2 is 1.68 bits per heavy atom. The lowest BCUT2D eigenvalue weighted by Crippen LogP contribution is -2.39. The minimum atomic E-state index is -0.342. The van der Waals surface area contributed by atoms with E-state index in [4.69, 9.17) is 13.9 Å². The van der Waals surface area contributed by atoms with Gasteiger partial charge in [0.25, 0.3) is 0 Å². The van der Waals surface area contributed by atoms with E-state index < -0.39 is 0 Å². The molecule has 1 aromatic heterocycles. The summed E-state index contributed by atoms with van der Waals surface area (Å²) in [6, 6.07) is 22.0. The smallest absolute Gasteiger partial charge is 0.421 e. The van der Waals surface area contributed by atoms with E-state index in [1.54, 1.807) is 18.8 Å². The van der Waals surface area contributed by atoms with Crippen molar-refractivity contribution in [2.75, 3.05) is 20.8 Å². The second kappa shape index (κ2) is 7.96. The largest absolute Gasteiger partial charge is 0.493 e. The number of aromatic nitrogens is 1. The fraction of sp³-hybridized carbons (Fsp3) is 0.240. The number of para-hydroxylation sites is 2. The zero-order valence-electron chi connectivity index (χ0n) is 17.6. The molecule has 0 unspecified atom stereocenters. The first-order valence-corrected chi connectivity index (χ1v) is 10.3. The van der Waals surface area contributed by atoms with Crippen LogP contribution in [0.5, 0.6) is 11.5 Å². The number of benzene rings is 3. The monoisotopic (exact) mass is 416 g/mol. The van der Waals surface area contributed by atoms with Gasteiger partial charge in [-0.15, -0.1) is 0 Å². The van der Waals surface area contributed by atoms with E-state index in [9.17, 15) is 4.79 Å². The molecule has 6 nitrogen and oxygen atoms in total. The number of hydrogen-bond donors (Lipinski definition) is 0. The molecule has 31 heavy (non-hydrogen) atoms. The van der Waals surface area contributed by atoms with Crippen molar-refractivity contribution in [2.45, 2.75) is 19.1 Å². The van der Waals surface area contributed by atoms with Gasteiger partial charge in [0.15, 0.2) is 17.1 Å². The summed E-state index contributed by atoms with van der Waals surface area (Å²) in [7, 11) is 3.31. The van der Waals surface area contributed by atoms with Crippen LogP contribution in [0.1, 0.15) is 22.7 Å². The Hall–Kier alpha value is -3.51. The molecule has 2 heterocycles. The van der Waals surface area contributed by atoms with Gasteiger partial charge in [-0.3, -0.25) is 9.47 Å². The maximum absolute atomic E-state index is 12.6. The first kappa shape index (κ1) is 19.5. The molecule has 1 aliphatic heterocycles. The van der Waals surface area contributed by atoms with Gasteiger partial charge in [-0.05, 0) is 47.4 Å². The standard InChI is InChI=1S/C25H24N2O4/c1-29-22-14-18-12-13-26(16-27-20-10-6-7-11-21(20)31-25(27)28)24(17-8-4-3-5-9-17)19(18)15-23(22)30-2/h3-11,14-15,24H,12-13,16H2,1-2H3/t24-/m1/s1. The van der Waals surface area contributed by atoms with Gasteiger partial charge < -0.3 is 13.9 Å². The Bertz CT molecular complexity index is 1280. The summed E-state index contributed by atoms with van der Waals surface area (Å²) in [5, 5.41) is 0. The lowest BCUT2D eigenvalue weighted by molar-refractivity contribution is 0.161. The molecule has 0 spiro atoms. The van der Waals surface area contributed by atoms with E-state index in [1.807, 2.05) is 42.5 Å². The molecule has 1 atom stereocenters. The van der Waals surface area contributed by atoms with Crippen LogP contribution in [0.15, 0.2) is 75.9 Å². The van der Waals surface area contributed by atoms with Crippen LogP contribution in [-0.2, 0) is 13.1 Å². The summed E-state index contributed by atoms with van der Waals surface area (Å²) >= 11 is 0. The highest BCUT2D eigenvalue weighted by Gasteiger charge is 2.31. The van der Waals surface area contributed by atoms with Crippen molar-refractivity contribution < 1.29 is 13.9 Å². The van der Waals surface area contributed by atoms with Crippen molar-refractivity contribution in [2.24, 2.45) is 0 Å². The second-order valence-corrected chi connectivity index (χ2v) is 7.69. The van der Waals surface area contributed by atoms with Gasteiger partial charge in [0.2, 0.25) is 0 Å². The maximum Gasteiger partial charge on any atom is 0.421 e. The Balaban J connectivity index is 1.62. The summed E-state index contributed by atoms with van der Waals surface area (Å²) in [4.78, 5) is 14.9. The zero-order valence-corrected chi connectivity index (χ0v) is 17.6. The van der Waals surface area contributed by atoms with Crippen LogP contribution >= 0.6 is 0 Å². The highest BCUT2D eigenvalue weighted by atomic mass is 16.5. The summed E-state index contributed by atoms with van der Waals surface area (Å²) < 4.78 is 18.3. The number of nitrogens with zero attached hydrogens (tertiary/aromatic N) is 2. The number of rotatable bonds is 5. The highest BCUT2D eigenvalue weighted by molar-refractivity contribution is 5.72. The summed E-state index contributed by atoms with van der Waals surface area (Å²) in [6.45, 7) is 1.23. The van der Waals surface area contributed by atoms with Crippen molar-refractivity contribution in [1.29, 1.82) is 0 Å². The Morgan fingerprint density at radius 3 is 2.45 bits per heavy atom. The van der Waals surface area contributed by atoms with E-state index in [2.05, 4.69) is 29.2 Å². The molecule has 6 heteroatoms. The molecule has 0 bridgehead atoms. The van der Waals surface area contributed by atoms with Gasteiger partial charge in [-0.25, -0.2) is 4.79 Å². The lowest BCUT2D eigenvalue weighted by atomic mass is 9.88. The SMILES string of the molecule is COc1cc2c(cc1OC)[C@@H](c1ccccc1)N(Cn1c(=O)oc3ccccc31)CC2. The Morgan fingerprint density at radius 1 is 0.968 bits per heavy atom. The first-order valence-electron chi connectivity index (χ1n) is 10.3. The predicted molar refractivity (Wildman–Crippen MR) is 119 cm³/mol. The highest BCUT2D eigenvalue weighted by Crippen LogP contribution is 2.41. The van der Waals surface area contributed by atoms with E-state index in [0.29, 0.717) is 18.0 Å². The van der Waals surface area contributed by atoms with Gasteiger partial charge >= 0.3 is 5.76 Å². The third-order valence-electron chi connectivity index (χ3n) is 5.99. The number of methoxy groups -OCH3 is 2. The fourth-order valence-corrected chi connectivity index (χ4v) is 4.51. The lowest BCUT2D eigenvalue weighted by Gasteiger charge is -2.38. The van der Waals surface area contributed by atoms with Crippen LogP contribution in [0.2, 0.25) is 0 Å². The average molecular weight is 416 g/mol. The van der Waals surface area contributed by atoms with Crippen molar-refractivity contribution in [3.8, 4) is 11.5 Å². The van der Waals surface area contributed by atoms with Crippen LogP contribution in [0.4, 0.5) is 0 Å². The zero-order chi connectivity index (χ0) is 21.4. The number of ether oxygens (including phenoxy) is 2. The quantitative estimate of drug-likeness (QED) is 0.488. The van der Waals surface area contributed by atoms with Crippen LogP contribution < -0.4 is 15.2 Å². The number of oxazole rings is 1. The molecule has 0 saturated heterocycles. The molecule has 0 aliphatic carbocycles. The summed E-state index contributed by atoms with van der Waals surface area (Å²) in [5.41, 5.74) is 4.96. The van der Waals surface area contributed by atoms with Crippen molar-refractivity contribution in [1.82, 2.24) is 9.47 Å². The minimum Gasteiger partial charge on any atom is -0.493 e. The topological polar surface area (TPSA) is 56.8 Å². The molecule has 1 aliphatic rings. The first-order chi connectivity index (χ1) is 15.2.